The first-order valence-corrected chi connectivity index (χ1v) is 16.0. The minimum atomic E-state index is -5.11. The van der Waals surface area contributed by atoms with Crippen LogP contribution in [0.25, 0.3) is 32.3 Å². The molecule has 3 amide bonds. The van der Waals surface area contributed by atoms with Crippen LogP contribution >= 0.6 is 0 Å². The first-order chi connectivity index (χ1) is 25.6. The van der Waals surface area contributed by atoms with Crippen LogP contribution in [0.1, 0.15) is 47.8 Å². The van der Waals surface area contributed by atoms with Crippen molar-refractivity contribution in [1.82, 2.24) is 5.32 Å². The summed E-state index contributed by atoms with van der Waals surface area (Å²) in [4.78, 5) is 39.7. The fraction of sp³-hybridized carbons (Fsp3) is 0.0750. The smallest absolute Gasteiger partial charge is 0.348 e. The molecule has 7 aromatic rings. The fourth-order valence-corrected chi connectivity index (χ4v) is 6.30. The number of carbonyl (C=O) groups excluding carboxylic acids is 3. The Morgan fingerprint density at radius 1 is 0.500 bits per heavy atom. The number of nitrogens with one attached hydrogen (secondary N) is 3. The number of amides is 3. The normalized spacial score (nSPS) is 12.0. The Labute approximate surface area is 299 Å². The van der Waals surface area contributed by atoms with Crippen molar-refractivity contribution in [3.63, 3.8) is 0 Å². The van der Waals surface area contributed by atoms with E-state index in [0.717, 1.165) is 68.2 Å². The van der Waals surface area contributed by atoms with Crippen molar-refractivity contribution < 1.29 is 49.5 Å². The van der Waals surface area contributed by atoms with E-state index in [1.165, 1.54) is 0 Å². The van der Waals surface area contributed by atoms with Gasteiger partial charge in [-0.3, -0.25) is 14.4 Å². The monoisotopic (exact) mass is 745 g/mol. The average Bonchev–Trinajstić information content (AvgIpc) is 3.12. The summed E-state index contributed by atoms with van der Waals surface area (Å²) in [5.74, 6) is -6.23. The molecule has 0 aliphatic heterocycles. The summed E-state index contributed by atoms with van der Waals surface area (Å²) >= 11 is 0. The molecular weight excluding hydrogens is 722 g/mol. The second-order valence-corrected chi connectivity index (χ2v) is 12.4. The molecule has 0 unspecified atom stereocenters. The molecule has 6 nitrogen and oxygen atoms in total. The third kappa shape index (κ3) is 6.97. The van der Waals surface area contributed by atoms with Crippen molar-refractivity contribution in [3.8, 4) is 0 Å². The van der Waals surface area contributed by atoms with Gasteiger partial charge in [-0.25, -0.2) is 8.78 Å². The Kier molecular flexibility index (Phi) is 8.92. The molecule has 0 bridgehead atoms. The van der Waals surface area contributed by atoms with Crippen molar-refractivity contribution in [2.75, 3.05) is 10.6 Å². The van der Waals surface area contributed by atoms with Crippen molar-refractivity contribution in [3.05, 3.63) is 154 Å². The number of benzene rings is 7. The van der Waals surface area contributed by atoms with Gasteiger partial charge in [-0.15, -0.1) is 0 Å². The zero-order chi connectivity index (χ0) is 38.5. The van der Waals surface area contributed by atoms with Gasteiger partial charge in [-0.05, 0) is 92.5 Å². The Morgan fingerprint density at radius 2 is 0.981 bits per heavy atom. The van der Waals surface area contributed by atoms with E-state index in [4.69, 9.17) is 0 Å². The molecular formula is C40H23F8N3O3. The van der Waals surface area contributed by atoms with Crippen molar-refractivity contribution >= 4 is 61.4 Å². The lowest BCUT2D eigenvalue weighted by Crippen LogP contribution is -2.24. The van der Waals surface area contributed by atoms with Crippen LogP contribution in [0.4, 0.5) is 46.5 Å². The molecule has 0 aliphatic rings. The van der Waals surface area contributed by atoms with Crippen molar-refractivity contribution in [1.29, 1.82) is 0 Å². The fourth-order valence-electron chi connectivity index (χ4n) is 6.30. The summed E-state index contributed by atoms with van der Waals surface area (Å²) in [6, 6.07) is 24.2. The zero-order valence-corrected chi connectivity index (χ0v) is 27.3. The number of alkyl halides is 6. The van der Waals surface area contributed by atoms with Gasteiger partial charge >= 0.3 is 12.4 Å². The van der Waals surface area contributed by atoms with Crippen LogP contribution in [0.2, 0.25) is 0 Å². The number of anilines is 2. The molecule has 0 heterocycles. The highest BCUT2D eigenvalue weighted by molar-refractivity contribution is 6.23. The van der Waals surface area contributed by atoms with Gasteiger partial charge in [0.2, 0.25) is 0 Å². The molecule has 3 N–H and O–H groups in total. The predicted molar refractivity (Wildman–Crippen MR) is 186 cm³/mol. The van der Waals surface area contributed by atoms with Crippen LogP contribution in [0, 0.1) is 11.6 Å². The highest BCUT2D eigenvalue weighted by atomic mass is 19.4. The van der Waals surface area contributed by atoms with Crippen LogP contribution in [-0.4, -0.2) is 17.7 Å². The van der Waals surface area contributed by atoms with Crippen molar-refractivity contribution in [2.24, 2.45) is 0 Å². The van der Waals surface area contributed by atoms with Gasteiger partial charge < -0.3 is 16.0 Å². The number of halogens is 8. The maximum atomic E-state index is 13.9. The van der Waals surface area contributed by atoms with E-state index in [2.05, 4.69) is 16.0 Å². The molecule has 7 aromatic carbocycles. The second-order valence-electron chi connectivity index (χ2n) is 12.4. The summed E-state index contributed by atoms with van der Waals surface area (Å²) in [5.41, 5.74) is -4.45. The summed E-state index contributed by atoms with van der Waals surface area (Å²) in [7, 11) is 0. The maximum Gasteiger partial charge on any atom is 0.419 e. The average molecular weight is 746 g/mol. The number of carbonyl (C=O) groups is 3. The molecule has 7 rings (SSSR count). The first kappa shape index (κ1) is 35.8. The Balaban J connectivity index is 1.20. The molecule has 14 heteroatoms. The van der Waals surface area contributed by atoms with E-state index < -0.39 is 64.0 Å². The maximum absolute atomic E-state index is 13.9. The number of rotatable bonds is 7. The topological polar surface area (TPSA) is 87.3 Å². The third-order valence-corrected chi connectivity index (χ3v) is 8.84. The molecule has 0 saturated heterocycles. The van der Waals surface area contributed by atoms with Crippen LogP contribution in [0.15, 0.2) is 109 Å². The Morgan fingerprint density at radius 3 is 1.50 bits per heavy atom. The molecule has 0 atom stereocenters. The highest BCUT2D eigenvalue weighted by Gasteiger charge is 2.36. The predicted octanol–water partition coefficient (Wildman–Crippen LogP) is 10.3. The molecule has 54 heavy (non-hydrogen) atoms. The minimum Gasteiger partial charge on any atom is -0.348 e. The van der Waals surface area contributed by atoms with Gasteiger partial charge in [0.1, 0.15) is 11.6 Å². The van der Waals surface area contributed by atoms with E-state index in [-0.39, 0.29) is 23.5 Å². The number of hydrogen-bond acceptors (Lipinski definition) is 3. The standard InChI is InChI=1S/C40H23F8N3O3/c41-32-12-9-23(16-30(32)39(43,44)45)37(53)50-27-14-26(15-28(18-27)51-38(54)24-10-13-33(42)31(17-24)40(46,47)48)36(52)49-19-25-7-6-22-5-4-20-2-1-3-21-8-11-29(25)35(22)34(20)21/h1-18H,19H2,(H,49,52)(H,50,53)(H,51,54). The van der Waals surface area contributed by atoms with E-state index in [0.29, 0.717) is 24.3 Å². The van der Waals surface area contributed by atoms with Gasteiger partial charge in [0.15, 0.2) is 0 Å². The van der Waals surface area contributed by atoms with Gasteiger partial charge in [-0.1, -0.05) is 54.6 Å². The van der Waals surface area contributed by atoms with E-state index in [1.807, 2.05) is 54.6 Å². The van der Waals surface area contributed by atoms with Crippen LogP contribution < -0.4 is 16.0 Å². The second kappa shape index (κ2) is 13.4. The lowest BCUT2D eigenvalue weighted by Gasteiger charge is -2.15. The lowest BCUT2D eigenvalue weighted by atomic mass is 9.92. The van der Waals surface area contributed by atoms with Gasteiger partial charge in [0, 0.05) is 34.6 Å². The third-order valence-electron chi connectivity index (χ3n) is 8.84. The molecule has 0 aliphatic carbocycles. The molecule has 0 saturated carbocycles. The van der Waals surface area contributed by atoms with Gasteiger partial charge in [0.05, 0.1) is 11.1 Å². The summed E-state index contributed by atoms with van der Waals surface area (Å²) < 4.78 is 108. The zero-order valence-electron chi connectivity index (χ0n) is 27.3. The highest BCUT2D eigenvalue weighted by Crippen LogP contribution is 2.37. The van der Waals surface area contributed by atoms with Crippen LogP contribution in [0.5, 0.6) is 0 Å². The molecule has 0 fully saturated rings. The van der Waals surface area contributed by atoms with Crippen LogP contribution in [0.3, 0.4) is 0 Å². The Bertz CT molecular complexity index is 2520. The number of hydrogen-bond donors (Lipinski definition) is 3. The lowest BCUT2D eigenvalue weighted by molar-refractivity contribution is -0.140. The van der Waals surface area contributed by atoms with E-state index in [1.54, 1.807) is 0 Å². The summed E-state index contributed by atoms with van der Waals surface area (Å²) in [6.07, 6.45) is -10.2. The molecule has 272 valence electrons. The SMILES string of the molecule is O=C(NCc1ccc2ccc3cccc4ccc1c2c34)c1cc(NC(=O)c2ccc(F)c(C(F)(F)F)c2)cc(NC(=O)c2ccc(F)c(C(F)(F)F)c2)c1. The van der Waals surface area contributed by atoms with Gasteiger partial charge in [0.25, 0.3) is 17.7 Å². The quantitative estimate of drug-likeness (QED) is 0.112. The summed E-state index contributed by atoms with van der Waals surface area (Å²) in [5, 5.41) is 13.4. The van der Waals surface area contributed by atoms with Crippen LogP contribution in [-0.2, 0) is 18.9 Å². The minimum absolute atomic E-state index is 0.0108. The molecule has 0 spiro atoms. The largest absolute Gasteiger partial charge is 0.419 e. The summed E-state index contributed by atoms with van der Waals surface area (Å²) in [6.45, 7) is 0.0108. The van der Waals surface area contributed by atoms with Gasteiger partial charge in [-0.2, -0.15) is 26.3 Å². The Hall–Kier alpha value is -6.57. The van der Waals surface area contributed by atoms with E-state index in [9.17, 15) is 49.5 Å². The molecule has 0 aromatic heterocycles. The first-order valence-electron chi connectivity index (χ1n) is 16.0. The van der Waals surface area contributed by atoms with E-state index >= 15 is 0 Å². The van der Waals surface area contributed by atoms with Crippen molar-refractivity contribution in [2.45, 2.75) is 18.9 Å². The molecule has 0 radical (unpaired) electrons.